The summed E-state index contributed by atoms with van der Waals surface area (Å²) in [4.78, 5) is 13.0. The van der Waals surface area contributed by atoms with E-state index in [2.05, 4.69) is 0 Å². The summed E-state index contributed by atoms with van der Waals surface area (Å²) < 4.78 is 33.2. The van der Waals surface area contributed by atoms with Crippen LogP contribution in [-0.2, 0) is 21.4 Å². The molecule has 0 radical (unpaired) electrons. The highest BCUT2D eigenvalue weighted by Gasteiger charge is 2.26. The Kier molecular flexibility index (Phi) is 5.83. The number of hydrogen-bond acceptors (Lipinski definition) is 5. The molecule has 1 aromatic heterocycles. The van der Waals surface area contributed by atoms with Crippen molar-refractivity contribution < 1.29 is 17.9 Å². The van der Waals surface area contributed by atoms with Gasteiger partial charge >= 0.3 is 5.97 Å². The number of aryl methyl sites for hydroxylation is 1. The largest absolute Gasteiger partial charge is 0.456 e. The molecular weight excluding hydrogens is 424 g/mol. The van der Waals surface area contributed by atoms with E-state index in [4.69, 9.17) is 10.5 Å². The molecule has 0 spiro atoms. The quantitative estimate of drug-likeness (QED) is 0.344. The molecule has 0 bridgehead atoms. The Bertz CT molecular complexity index is 1360. The number of nitrogens with two attached hydrogens (primary N) is 1. The summed E-state index contributed by atoms with van der Waals surface area (Å²) >= 11 is 0. The fourth-order valence-electron chi connectivity index (χ4n) is 3.29. The number of carbonyl (C=O) groups is 1. The van der Waals surface area contributed by atoms with E-state index >= 15 is 0 Å². The van der Waals surface area contributed by atoms with E-state index in [0.29, 0.717) is 16.8 Å². The van der Waals surface area contributed by atoms with E-state index < -0.39 is 16.0 Å². The van der Waals surface area contributed by atoms with Gasteiger partial charge in [-0.2, -0.15) is 0 Å². The molecule has 0 saturated heterocycles. The Balaban J connectivity index is 1.76. The van der Waals surface area contributed by atoms with Crippen molar-refractivity contribution in [1.29, 1.82) is 0 Å². The average Bonchev–Trinajstić information content (AvgIpc) is 3.25. The number of benzene rings is 3. The van der Waals surface area contributed by atoms with Gasteiger partial charge < -0.3 is 10.5 Å². The molecule has 162 valence electrons. The second-order valence-electron chi connectivity index (χ2n) is 7.42. The second-order valence-corrected chi connectivity index (χ2v) is 9.23. The van der Waals surface area contributed by atoms with Crippen molar-refractivity contribution in [2.45, 2.75) is 18.4 Å². The van der Waals surface area contributed by atoms with Gasteiger partial charge in [0.2, 0.25) is 0 Å². The zero-order chi connectivity index (χ0) is 22.7. The summed E-state index contributed by atoms with van der Waals surface area (Å²) in [7, 11) is -4.03. The fourth-order valence-corrected chi connectivity index (χ4v) is 4.63. The molecule has 32 heavy (non-hydrogen) atoms. The van der Waals surface area contributed by atoms with Crippen LogP contribution in [0.25, 0.3) is 11.1 Å². The molecule has 0 unspecified atom stereocenters. The zero-order valence-electron chi connectivity index (χ0n) is 17.4. The molecule has 2 N–H and O–H groups in total. The van der Waals surface area contributed by atoms with Crippen molar-refractivity contribution in [3.63, 3.8) is 0 Å². The lowest BCUT2D eigenvalue weighted by Gasteiger charge is -2.11. The van der Waals surface area contributed by atoms with E-state index in [9.17, 15) is 13.2 Å². The molecule has 7 heteroatoms. The van der Waals surface area contributed by atoms with Gasteiger partial charge in [0.05, 0.1) is 4.90 Å². The van der Waals surface area contributed by atoms with E-state index in [1.165, 1.54) is 24.4 Å². The molecule has 4 rings (SSSR count). The van der Waals surface area contributed by atoms with E-state index in [0.717, 1.165) is 15.1 Å². The van der Waals surface area contributed by atoms with Crippen LogP contribution in [0.15, 0.2) is 96.0 Å². The molecule has 0 saturated carbocycles. The average molecular weight is 447 g/mol. The highest BCUT2D eigenvalue weighted by molar-refractivity contribution is 7.90. The SMILES string of the molecule is Cc1ccc(S(=O)(=O)n2cc(-c3cccc(N)c3)cc2C(=O)OCc2ccccc2)cc1. The van der Waals surface area contributed by atoms with Crippen molar-refractivity contribution in [3.8, 4) is 11.1 Å². The summed E-state index contributed by atoms with van der Waals surface area (Å²) in [6.07, 6.45) is 1.42. The molecule has 0 aliphatic heterocycles. The van der Waals surface area contributed by atoms with Crippen LogP contribution < -0.4 is 5.73 Å². The lowest BCUT2D eigenvalue weighted by Crippen LogP contribution is -2.19. The topological polar surface area (TPSA) is 91.4 Å². The minimum absolute atomic E-state index is 0.0308. The predicted molar refractivity (Wildman–Crippen MR) is 124 cm³/mol. The summed E-state index contributed by atoms with van der Waals surface area (Å²) in [5.41, 5.74) is 9.30. The zero-order valence-corrected chi connectivity index (χ0v) is 18.2. The third kappa shape index (κ3) is 4.43. The first-order valence-electron chi connectivity index (χ1n) is 9.96. The van der Waals surface area contributed by atoms with Crippen LogP contribution in [0.5, 0.6) is 0 Å². The van der Waals surface area contributed by atoms with Gasteiger partial charge in [-0.05, 0) is 48.4 Å². The summed E-state index contributed by atoms with van der Waals surface area (Å²) in [5.74, 6) is -0.736. The fraction of sp³-hybridized carbons (Fsp3) is 0.0800. The van der Waals surface area contributed by atoms with Crippen LogP contribution in [0.3, 0.4) is 0 Å². The lowest BCUT2D eigenvalue weighted by molar-refractivity contribution is 0.0464. The molecule has 0 aliphatic carbocycles. The minimum atomic E-state index is -4.03. The number of hydrogen-bond donors (Lipinski definition) is 1. The van der Waals surface area contributed by atoms with Gasteiger partial charge in [-0.25, -0.2) is 17.2 Å². The first-order chi connectivity index (χ1) is 15.3. The van der Waals surface area contributed by atoms with Crippen LogP contribution in [0.1, 0.15) is 21.6 Å². The van der Waals surface area contributed by atoms with E-state index in [1.54, 1.807) is 36.4 Å². The monoisotopic (exact) mass is 446 g/mol. The summed E-state index contributed by atoms with van der Waals surface area (Å²) in [5, 5.41) is 0. The van der Waals surface area contributed by atoms with E-state index in [-0.39, 0.29) is 17.2 Å². The molecule has 4 aromatic rings. The Morgan fingerprint density at radius 3 is 2.31 bits per heavy atom. The molecule has 0 aliphatic rings. The van der Waals surface area contributed by atoms with Gasteiger partial charge in [-0.1, -0.05) is 60.2 Å². The van der Waals surface area contributed by atoms with Gasteiger partial charge in [0.1, 0.15) is 12.3 Å². The standard InChI is InChI=1S/C25H22N2O4S/c1-18-10-12-23(13-11-18)32(29,30)27-16-21(20-8-5-9-22(26)14-20)15-24(27)25(28)31-17-19-6-3-2-4-7-19/h2-16H,17,26H2,1H3. The van der Waals surface area contributed by atoms with E-state index in [1.807, 2.05) is 37.3 Å². The third-order valence-electron chi connectivity index (χ3n) is 5.01. The van der Waals surface area contributed by atoms with Crippen LogP contribution in [-0.4, -0.2) is 18.4 Å². The maximum Gasteiger partial charge on any atom is 0.356 e. The molecule has 0 amide bonds. The smallest absolute Gasteiger partial charge is 0.356 e. The van der Waals surface area contributed by atoms with Gasteiger partial charge in [0.15, 0.2) is 0 Å². The molecule has 1 heterocycles. The highest BCUT2D eigenvalue weighted by Crippen LogP contribution is 2.28. The number of anilines is 1. The number of esters is 1. The molecule has 3 aromatic carbocycles. The molecule has 0 fully saturated rings. The molecule has 6 nitrogen and oxygen atoms in total. The number of rotatable bonds is 6. The van der Waals surface area contributed by atoms with Gasteiger partial charge in [-0.15, -0.1) is 0 Å². The van der Waals surface area contributed by atoms with Gasteiger partial charge in [-0.3, -0.25) is 0 Å². The Hall–Kier alpha value is -3.84. The van der Waals surface area contributed by atoms with Crippen molar-refractivity contribution in [2.75, 3.05) is 5.73 Å². The highest BCUT2D eigenvalue weighted by atomic mass is 32.2. The lowest BCUT2D eigenvalue weighted by atomic mass is 10.1. The number of nitrogen functional groups attached to an aromatic ring is 1. The van der Waals surface area contributed by atoms with Crippen molar-refractivity contribution >= 4 is 21.7 Å². The molecule has 0 atom stereocenters. The van der Waals surface area contributed by atoms with Crippen molar-refractivity contribution in [3.05, 3.63) is 108 Å². The maximum atomic E-state index is 13.4. The normalized spacial score (nSPS) is 11.3. The second kappa shape index (κ2) is 8.72. The number of carbonyl (C=O) groups excluding carboxylic acids is 1. The first-order valence-corrected chi connectivity index (χ1v) is 11.4. The van der Waals surface area contributed by atoms with Gasteiger partial charge in [0.25, 0.3) is 10.0 Å². The predicted octanol–water partition coefficient (Wildman–Crippen LogP) is 4.64. The van der Waals surface area contributed by atoms with Crippen molar-refractivity contribution in [2.24, 2.45) is 0 Å². The van der Waals surface area contributed by atoms with Crippen molar-refractivity contribution in [1.82, 2.24) is 3.97 Å². The van der Waals surface area contributed by atoms with Crippen LogP contribution in [0.2, 0.25) is 0 Å². The van der Waals surface area contributed by atoms with Crippen LogP contribution in [0, 0.1) is 6.92 Å². The minimum Gasteiger partial charge on any atom is -0.456 e. The summed E-state index contributed by atoms with van der Waals surface area (Å²) in [6.45, 7) is 1.90. The maximum absolute atomic E-state index is 13.4. The van der Waals surface area contributed by atoms with Crippen LogP contribution in [0.4, 0.5) is 5.69 Å². The Morgan fingerprint density at radius 2 is 1.62 bits per heavy atom. The third-order valence-corrected chi connectivity index (χ3v) is 6.69. The number of ether oxygens (including phenoxy) is 1. The Morgan fingerprint density at radius 1 is 0.906 bits per heavy atom. The Labute approximate surface area is 186 Å². The molecular formula is C25H22N2O4S. The van der Waals surface area contributed by atoms with Crippen LogP contribution >= 0.6 is 0 Å². The summed E-state index contributed by atoms with van der Waals surface area (Å²) in [6, 6.07) is 24.2. The number of aromatic nitrogens is 1. The first kappa shape index (κ1) is 21.4. The van der Waals surface area contributed by atoms with Gasteiger partial charge in [0, 0.05) is 17.4 Å². The number of nitrogens with zero attached hydrogens (tertiary/aromatic N) is 1.